The number of benzene rings is 2. The molecular formula is C21H20Cl3NO. The van der Waals surface area contributed by atoms with Gasteiger partial charge in [0.05, 0.1) is 0 Å². The Morgan fingerprint density at radius 1 is 1.00 bits per heavy atom. The molecule has 0 heterocycles. The van der Waals surface area contributed by atoms with Crippen molar-refractivity contribution >= 4 is 41.1 Å². The molecule has 5 heteroatoms. The largest absolute Gasteiger partial charge is 0.319 e. The summed E-state index contributed by atoms with van der Waals surface area (Å²) in [7, 11) is 1.91. The molecule has 2 aromatic rings. The van der Waals surface area contributed by atoms with E-state index in [-0.39, 0.29) is 23.7 Å². The second-order valence-electron chi connectivity index (χ2n) is 6.59. The molecule has 26 heavy (non-hydrogen) atoms. The Morgan fingerprint density at radius 2 is 1.69 bits per heavy atom. The van der Waals surface area contributed by atoms with Crippen molar-refractivity contribution in [3.63, 3.8) is 0 Å². The third-order valence-electron chi connectivity index (χ3n) is 5.06. The Balaban J connectivity index is 2.12. The van der Waals surface area contributed by atoms with Crippen LogP contribution in [0.1, 0.15) is 23.0 Å². The van der Waals surface area contributed by atoms with E-state index in [0.29, 0.717) is 15.1 Å². The van der Waals surface area contributed by atoms with Crippen molar-refractivity contribution in [1.29, 1.82) is 0 Å². The van der Waals surface area contributed by atoms with Gasteiger partial charge >= 0.3 is 0 Å². The molecule has 0 fully saturated rings. The van der Waals surface area contributed by atoms with Gasteiger partial charge in [0.25, 0.3) is 0 Å². The van der Waals surface area contributed by atoms with Gasteiger partial charge in [-0.1, -0.05) is 65.2 Å². The molecule has 0 saturated carbocycles. The topological polar surface area (TPSA) is 29.1 Å². The molecule has 0 spiro atoms. The summed E-state index contributed by atoms with van der Waals surface area (Å²) in [6, 6.07) is 13.4. The van der Waals surface area contributed by atoms with E-state index in [1.807, 2.05) is 49.5 Å². The number of carbonyl (C=O) groups is 1. The van der Waals surface area contributed by atoms with Crippen LogP contribution in [-0.4, -0.2) is 19.9 Å². The molecule has 0 aliphatic heterocycles. The number of halogens is 3. The number of hydrogen-bond acceptors (Lipinski definition) is 2. The Kier molecular flexibility index (Phi) is 6.42. The number of hydrogen-bond donors (Lipinski definition) is 1. The minimum atomic E-state index is -0.148. The standard InChI is InChI=1S/C21H20Cl3NO/c1-25-11-19-14(12-26)4-8-18(17-9-7-16(23)10-20(17)24)21(19)13-2-5-15(22)6-3-13/h2-10,12,14,18-19,21,25H,11H2,1H3. The highest BCUT2D eigenvalue weighted by atomic mass is 35.5. The summed E-state index contributed by atoms with van der Waals surface area (Å²) in [4.78, 5) is 11.7. The number of carbonyl (C=O) groups excluding carboxylic acids is 1. The van der Waals surface area contributed by atoms with Crippen molar-refractivity contribution in [2.45, 2.75) is 11.8 Å². The number of rotatable bonds is 5. The van der Waals surface area contributed by atoms with E-state index in [0.717, 1.165) is 24.0 Å². The lowest BCUT2D eigenvalue weighted by Crippen LogP contribution is -2.36. The van der Waals surface area contributed by atoms with Crippen molar-refractivity contribution < 1.29 is 4.79 Å². The van der Waals surface area contributed by atoms with Gasteiger partial charge in [-0.15, -0.1) is 0 Å². The zero-order valence-corrected chi connectivity index (χ0v) is 16.6. The van der Waals surface area contributed by atoms with E-state index >= 15 is 0 Å². The van der Waals surface area contributed by atoms with Crippen LogP contribution in [0.3, 0.4) is 0 Å². The second kappa shape index (κ2) is 8.58. The number of nitrogens with one attached hydrogen (secondary N) is 1. The van der Waals surface area contributed by atoms with Crippen LogP contribution in [0.5, 0.6) is 0 Å². The fourth-order valence-electron chi connectivity index (χ4n) is 3.87. The van der Waals surface area contributed by atoms with Gasteiger partial charge in [0.2, 0.25) is 0 Å². The molecule has 3 rings (SSSR count). The number of aldehydes is 1. The first kappa shape index (κ1) is 19.4. The Morgan fingerprint density at radius 3 is 2.31 bits per heavy atom. The Labute approximate surface area is 169 Å². The van der Waals surface area contributed by atoms with Crippen molar-refractivity contribution in [2.24, 2.45) is 11.8 Å². The van der Waals surface area contributed by atoms with E-state index in [1.54, 1.807) is 6.07 Å². The van der Waals surface area contributed by atoms with Crippen LogP contribution in [0, 0.1) is 11.8 Å². The summed E-state index contributed by atoms with van der Waals surface area (Å²) < 4.78 is 0. The minimum absolute atomic E-state index is 0.0514. The van der Waals surface area contributed by atoms with E-state index in [9.17, 15) is 4.79 Å². The van der Waals surface area contributed by atoms with E-state index in [4.69, 9.17) is 34.8 Å². The molecule has 2 aromatic carbocycles. The van der Waals surface area contributed by atoms with E-state index in [1.165, 1.54) is 0 Å². The lowest BCUT2D eigenvalue weighted by molar-refractivity contribution is -0.111. The summed E-state index contributed by atoms with van der Waals surface area (Å²) in [6.07, 6.45) is 5.12. The molecule has 1 N–H and O–H groups in total. The third kappa shape index (κ3) is 3.99. The van der Waals surface area contributed by atoms with Crippen LogP contribution in [-0.2, 0) is 4.79 Å². The summed E-state index contributed by atoms with van der Waals surface area (Å²) >= 11 is 18.7. The Hall–Kier alpha value is -1.32. The molecule has 0 bridgehead atoms. The van der Waals surface area contributed by atoms with E-state index < -0.39 is 0 Å². The molecule has 2 nitrogen and oxygen atoms in total. The number of allylic oxidation sites excluding steroid dienone is 2. The lowest BCUT2D eigenvalue weighted by atomic mass is 9.66. The van der Waals surface area contributed by atoms with Crippen LogP contribution in [0.15, 0.2) is 54.6 Å². The van der Waals surface area contributed by atoms with Crippen LogP contribution >= 0.6 is 34.8 Å². The van der Waals surface area contributed by atoms with Crippen LogP contribution in [0.4, 0.5) is 0 Å². The predicted molar refractivity (Wildman–Crippen MR) is 110 cm³/mol. The molecule has 0 aromatic heterocycles. The summed E-state index contributed by atoms with van der Waals surface area (Å²) in [5.41, 5.74) is 2.15. The molecule has 136 valence electrons. The van der Waals surface area contributed by atoms with Gasteiger partial charge in [0, 0.05) is 26.9 Å². The van der Waals surface area contributed by atoms with Gasteiger partial charge in [-0.2, -0.15) is 0 Å². The van der Waals surface area contributed by atoms with Crippen LogP contribution in [0.2, 0.25) is 15.1 Å². The monoisotopic (exact) mass is 407 g/mol. The van der Waals surface area contributed by atoms with Crippen molar-refractivity contribution in [3.8, 4) is 0 Å². The molecule has 1 aliphatic carbocycles. The SMILES string of the molecule is CNCC1C(C=O)C=CC(c2ccc(Cl)cc2Cl)C1c1ccc(Cl)cc1. The average molecular weight is 409 g/mol. The highest BCUT2D eigenvalue weighted by Gasteiger charge is 2.38. The van der Waals surface area contributed by atoms with Gasteiger partial charge in [-0.25, -0.2) is 0 Å². The highest BCUT2D eigenvalue weighted by Crippen LogP contribution is 2.47. The zero-order valence-electron chi connectivity index (χ0n) is 14.3. The summed E-state index contributed by atoms with van der Waals surface area (Å²) in [5, 5.41) is 5.18. The van der Waals surface area contributed by atoms with Crippen LogP contribution < -0.4 is 5.32 Å². The lowest BCUT2D eigenvalue weighted by Gasteiger charge is -2.39. The molecule has 0 saturated heterocycles. The first-order valence-electron chi connectivity index (χ1n) is 8.53. The first-order valence-corrected chi connectivity index (χ1v) is 9.67. The van der Waals surface area contributed by atoms with Gasteiger partial charge in [-0.05, 0) is 60.8 Å². The van der Waals surface area contributed by atoms with Crippen molar-refractivity contribution in [3.05, 3.63) is 80.8 Å². The van der Waals surface area contributed by atoms with Gasteiger partial charge < -0.3 is 10.1 Å². The fraction of sp³-hybridized carbons (Fsp3) is 0.286. The van der Waals surface area contributed by atoms with Crippen molar-refractivity contribution in [1.82, 2.24) is 5.32 Å². The first-order chi connectivity index (χ1) is 12.5. The van der Waals surface area contributed by atoms with Gasteiger partial charge in [-0.3, -0.25) is 0 Å². The molecule has 0 radical (unpaired) electrons. The molecule has 0 amide bonds. The summed E-state index contributed by atoms with van der Waals surface area (Å²) in [5.74, 6) is 0.111. The predicted octanol–water partition coefficient (Wildman–Crippen LogP) is 5.73. The molecule has 1 aliphatic rings. The molecule has 4 atom stereocenters. The maximum atomic E-state index is 11.7. The quantitative estimate of drug-likeness (QED) is 0.505. The summed E-state index contributed by atoms with van der Waals surface area (Å²) in [6.45, 7) is 0.725. The van der Waals surface area contributed by atoms with Crippen LogP contribution in [0.25, 0.3) is 0 Å². The Bertz CT molecular complexity index is 803. The smallest absolute Gasteiger partial charge is 0.127 e. The fourth-order valence-corrected chi connectivity index (χ4v) is 4.53. The highest BCUT2D eigenvalue weighted by molar-refractivity contribution is 6.35. The van der Waals surface area contributed by atoms with Gasteiger partial charge in [0.15, 0.2) is 0 Å². The average Bonchev–Trinajstić information content (AvgIpc) is 2.63. The van der Waals surface area contributed by atoms with Gasteiger partial charge in [0.1, 0.15) is 6.29 Å². The molecule has 4 unspecified atom stereocenters. The normalized spacial score (nSPS) is 25.2. The maximum Gasteiger partial charge on any atom is 0.127 e. The zero-order chi connectivity index (χ0) is 18.7. The third-order valence-corrected chi connectivity index (χ3v) is 5.87. The molecular weight excluding hydrogens is 389 g/mol. The minimum Gasteiger partial charge on any atom is -0.319 e. The maximum absolute atomic E-state index is 11.7. The van der Waals surface area contributed by atoms with Crippen molar-refractivity contribution in [2.75, 3.05) is 13.6 Å². The van der Waals surface area contributed by atoms with E-state index in [2.05, 4.69) is 11.4 Å². The second-order valence-corrected chi connectivity index (χ2v) is 7.87.